The maximum absolute atomic E-state index is 5.37. The number of hydrogen-bond donors (Lipinski definition) is 1. The maximum Gasteiger partial charge on any atom is 0.146 e. The van der Waals surface area contributed by atoms with E-state index in [-0.39, 0.29) is 0 Å². The molecule has 2 aromatic rings. The molecular weight excluding hydrogens is 202 g/mol. The lowest BCUT2D eigenvalue weighted by Crippen LogP contribution is -1.88. The third-order valence-corrected chi connectivity index (χ3v) is 3.02. The number of aromatic nitrogens is 1. The molecule has 0 aliphatic heterocycles. The van der Waals surface area contributed by atoms with E-state index in [1.807, 2.05) is 12.1 Å². The van der Waals surface area contributed by atoms with Crippen molar-refractivity contribution in [2.75, 3.05) is 14.2 Å². The van der Waals surface area contributed by atoms with Gasteiger partial charge >= 0.3 is 0 Å². The van der Waals surface area contributed by atoms with Gasteiger partial charge in [0, 0.05) is 17.1 Å². The van der Waals surface area contributed by atoms with Gasteiger partial charge < -0.3 is 14.5 Å². The van der Waals surface area contributed by atoms with E-state index in [9.17, 15) is 0 Å². The number of aromatic amines is 1. The molecule has 1 aromatic carbocycles. The lowest BCUT2D eigenvalue weighted by Gasteiger charge is -2.05. The summed E-state index contributed by atoms with van der Waals surface area (Å²) in [5.41, 5.74) is 3.58. The standard InChI is InChI=1S/C13H17NO2/c1-5-11-8(2)10-6-9(15-3)7-12(16-4)13(10)14-11/h6-7,14H,5H2,1-4H3. The number of rotatable bonds is 3. The number of nitrogens with one attached hydrogen (secondary N) is 1. The summed E-state index contributed by atoms with van der Waals surface area (Å²) in [4.78, 5) is 3.40. The highest BCUT2D eigenvalue weighted by Gasteiger charge is 2.12. The Bertz CT molecular complexity index is 514. The summed E-state index contributed by atoms with van der Waals surface area (Å²) >= 11 is 0. The normalized spacial score (nSPS) is 10.8. The number of hydrogen-bond acceptors (Lipinski definition) is 2. The lowest BCUT2D eigenvalue weighted by molar-refractivity contribution is 0.397. The van der Waals surface area contributed by atoms with Crippen molar-refractivity contribution < 1.29 is 9.47 Å². The van der Waals surface area contributed by atoms with Crippen LogP contribution in [0.4, 0.5) is 0 Å². The van der Waals surface area contributed by atoms with Crippen LogP contribution in [-0.4, -0.2) is 19.2 Å². The first-order valence-electron chi connectivity index (χ1n) is 5.44. The Morgan fingerprint density at radius 1 is 1.19 bits per heavy atom. The van der Waals surface area contributed by atoms with Gasteiger partial charge in [-0.15, -0.1) is 0 Å². The molecule has 3 heteroatoms. The van der Waals surface area contributed by atoms with E-state index < -0.39 is 0 Å². The molecule has 0 saturated heterocycles. The number of methoxy groups -OCH3 is 2. The number of benzene rings is 1. The van der Waals surface area contributed by atoms with E-state index in [1.54, 1.807) is 14.2 Å². The van der Waals surface area contributed by atoms with Gasteiger partial charge in [-0.1, -0.05) is 6.92 Å². The monoisotopic (exact) mass is 219 g/mol. The minimum Gasteiger partial charge on any atom is -0.497 e. The van der Waals surface area contributed by atoms with Crippen molar-refractivity contribution in [1.82, 2.24) is 4.98 Å². The maximum atomic E-state index is 5.37. The molecule has 0 atom stereocenters. The van der Waals surface area contributed by atoms with Crippen LogP contribution in [0.25, 0.3) is 10.9 Å². The van der Waals surface area contributed by atoms with Crippen molar-refractivity contribution in [3.63, 3.8) is 0 Å². The highest BCUT2D eigenvalue weighted by Crippen LogP contribution is 2.33. The molecule has 16 heavy (non-hydrogen) atoms. The van der Waals surface area contributed by atoms with Crippen LogP contribution in [0.5, 0.6) is 11.5 Å². The fourth-order valence-electron chi connectivity index (χ4n) is 2.05. The molecule has 86 valence electrons. The molecule has 0 aliphatic rings. The largest absolute Gasteiger partial charge is 0.497 e. The van der Waals surface area contributed by atoms with Gasteiger partial charge in [-0.2, -0.15) is 0 Å². The zero-order valence-electron chi connectivity index (χ0n) is 10.2. The summed E-state index contributed by atoms with van der Waals surface area (Å²) in [6.07, 6.45) is 0.992. The molecule has 0 bridgehead atoms. The molecule has 0 radical (unpaired) electrons. The third-order valence-electron chi connectivity index (χ3n) is 3.02. The predicted octanol–water partition coefficient (Wildman–Crippen LogP) is 3.06. The summed E-state index contributed by atoms with van der Waals surface area (Å²) in [6.45, 7) is 4.26. The van der Waals surface area contributed by atoms with Crippen molar-refractivity contribution in [2.45, 2.75) is 20.3 Å². The fraction of sp³-hybridized carbons (Fsp3) is 0.385. The second-order valence-electron chi connectivity index (χ2n) is 3.83. The first-order chi connectivity index (χ1) is 7.71. The Morgan fingerprint density at radius 2 is 1.94 bits per heavy atom. The zero-order valence-corrected chi connectivity index (χ0v) is 10.2. The second-order valence-corrected chi connectivity index (χ2v) is 3.83. The molecule has 0 fully saturated rings. The Morgan fingerprint density at radius 3 is 2.50 bits per heavy atom. The van der Waals surface area contributed by atoms with Crippen molar-refractivity contribution in [1.29, 1.82) is 0 Å². The minimum atomic E-state index is 0.828. The average Bonchev–Trinajstić information content (AvgIpc) is 2.65. The van der Waals surface area contributed by atoms with Crippen LogP contribution >= 0.6 is 0 Å². The van der Waals surface area contributed by atoms with E-state index >= 15 is 0 Å². The van der Waals surface area contributed by atoms with Gasteiger partial charge in [-0.05, 0) is 25.0 Å². The molecule has 0 aliphatic carbocycles. The van der Waals surface area contributed by atoms with Crippen LogP contribution < -0.4 is 9.47 Å². The Hall–Kier alpha value is -1.64. The number of ether oxygens (including phenoxy) is 2. The summed E-state index contributed by atoms with van der Waals surface area (Å²) in [5.74, 6) is 1.66. The lowest BCUT2D eigenvalue weighted by atomic mass is 10.1. The van der Waals surface area contributed by atoms with Crippen molar-refractivity contribution in [2.24, 2.45) is 0 Å². The van der Waals surface area contributed by atoms with E-state index in [0.29, 0.717) is 0 Å². The second kappa shape index (κ2) is 4.08. The van der Waals surface area contributed by atoms with Gasteiger partial charge in [-0.3, -0.25) is 0 Å². The van der Waals surface area contributed by atoms with Crippen LogP contribution in [-0.2, 0) is 6.42 Å². The fourth-order valence-corrected chi connectivity index (χ4v) is 2.05. The van der Waals surface area contributed by atoms with Crippen molar-refractivity contribution in [3.05, 3.63) is 23.4 Å². The smallest absolute Gasteiger partial charge is 0.146 e. The molecule has 0 spiro atoms. The number of fused-ring (bicyclic) bond motifs is 1. The summed E-state index contributed by atoms with van der Waals surface area (Å²) in [6, 6.07) is 3.94. The SMILES string of the molecule is CCc1[nH]c2c(OC)cc(OC)cc2c1C. The van der Waals surface area contributed by atoms with Crippen LogP contribution in [0.15, 0.2) is 12.1 Å². The zero-order chi connectivity index (χ0) is 11.7. The molecule has 0 unspecified atom stereocenters. The van der Waals surface area contributed by atoms with Crippen LogP contribution in [0.1, 0.15) is 18.2 Å². The summed E-state index contributed by atoms with van der Waals surface area (Å²) in [7, 11) is 3.35. The highest BCUT2D eigenvalue weighted by molar-refractivity contribution is 5.90. The quantitative estimate of drug-likeness (QED) is 0.860. The third kappa shape index (κ3) is 1.52. The Labute approximate surface area is 95.4 Å². The van der Waals surface area contributed by atoms with E-state index in [0.717, 1.165) is 23.4 Å². The number of H-pyrrole nitrogens is 1. The molecule has 1 N–H and O–H groups in total. The average molecular weight is 219 g/mol. The van der Waals surface area contributed by atoms with Gasteiger partial charge in [0.15, 0.2) is 0 Å². The van der Waals surface area contributed by atoms with Gasteiger partial charge in [0.1, 0.15) is 11.5 Å². The molecule has 0 saturated carbocycles. The van der Waals surface area contributed by atoms with E-state index in [4.69, 9.17) is 9.47 Å². The highest BCUT2D eigenvalue weighted by atomic mass is 16.5. The first kappa shape index (κ1) is 10.9. The summed E-state index contributed by atoms with van der Waals surface area (Å²) < 4.78 is 10.6. The molecule has 2 rings (SSSR count). The van der Waals surface area contributed by atoms with Gasteiger partial charge in [0.2, 0.25) is 0 Å². The van der Waals surface area contributed by atoms with E-state index in [2.05, 4.69) is 18.8 Å². The van der Waals surface area contributed by atoms with Gasteiger partial charge in [-0.25, -0.2) is 0 Å². The van der Waals surface area contributed by atoms with Crippen molar-refractivity contribution in [3.8, 4) is 11.5 Å². The topological polar surface area (TPSA) is 34.2 Å². The molecule has 3 nitrogen and oxygen atoms in total. The minimum absolute atomic E-state index is 0.828. The Balaban J connectivity index is 2.76. The molecule has 1 heterocycles. The Kier molecular flexibility index (Phi) is 2.77. The van der Waals surface area contributed by atoms with E-state index in [1.165, 1.54) is 16.6 Å². The van der Waals surface area contributed by atoms with Gasteiger partial charge in [0.05, 0.1) is 19.7 Å². The van der Waals surface area contributed by atoms with Crippen molar-refractivity contribution >= 4 is 10.9 Å². The molecular formula is C13H17NO2. The first-order valence-corrected chi connectivity index (χ1v) is 5.44. The van der Waals surface area contributed by atoms with Crippen LogP contribution in [0.2, 0.25) is 0 Å². The van der Waals surface area contributed by atoms with Crippen LogP contribution in [0.3, 0.4) is 0 Å². The van der Waals surface area contributed by atoms with Gasteiger partial charge in [0.25, 0.3) is 0 Å². The summed E-state index contributed by atoms with van der Waals surface area (Å²) in [5, 5.41) is 1.17. The predicted molar refractivity (Wildman–Crippen MR) is 65.5 cm³/mol. The molecule has 1 aromatic heterocycles. The number of aryl methyl sites for hydroxylation is 2. The van der Waals surface area contributed by atoms with Crippen LogP contribution in [0, 0.1) is 6.92 Å². The molecule has 0 amide bonds.